The Morgan fingerprint density at radius 2 is 2.04 bits per heavy atom. The molecule has 1 aromatic rings. The molecule has 1 aliphatic heterocycles. The van der Waals surface area contributed by atoms with E-state index in [1.165, 1.54) is 0 Å². The van der Waals surface area contributed by atoms with Crippen molar-refractivity contribution >= 4 is 11.6 Å². The Bertz CT molecular complexity index is 527. The number of rotatable bonds is 6. The van der Waals surface area contributed by atoms with Crippen molar-refractivity contribution in [2.75, 3.05) is 47.0 Å². The molecule has 2 rings (SSSR count). The number of nitrogens with zero attached hydrogens (tertiary/aromatic N) is 2. The van der Waals surface area contributed by atoms with Crippen molar-refractivity contribution in [3.63, 3.8) is 0 Å². The summed E-state index contributed by atoms with van der Waals surface area (Å²) in [4.78, 5) is 4.74. The van der Waals surface area contributed by atoms with Gasteiger partial charge in [-0.2, -0.15) is 0 Å². The minimum absolute atomic E-state index is 0.0219. The van der Waals surface area contributed by atoms with Crippen molar-refractivity contribution in [1.82, 2.24) is 9.80 Å². The number of aliphatic hydroxyl groups is 1. The topological polar surface area (TPSA) is 45.2 Å². The summed E-state index contributed by atoms with van der Waals surface area (Å²) in [5.41, 5.74) is 0.879. The van der Waals surface area contributed by atoms with E-state index in [1.54, 1.807) is 14.2 Å². The van der Waals surface area contributed by atoms with E-state index in [0.717, 1.165) is 31.7 Å². The molecule has 0 aliphatic carbocycles. The summed E-state index contributed by atoms with van der Waals surface area (Å²) < 4.78 is 10.7. The number of piperazine rings is 1. The van der Waals surface area contributed by atoms with E-state index >= 15 is 0 Å². The second kappa shape index (κ2) is 8.20. The molecule has 23 heavy (non-hydrogen) atoms. The lowest BCUT2D eigenvalue weighted by molar-refractivity contribution is 0.0367. The number of ether oxygens (including phenoxy) is 2. The fourth-order valence-corrected chi connectivity index (χ4v) is 3.71. The third-order valence-corrected chi connectivity index (χ3v) is 5.08. The highest BCUT2D eigenvalue weighted by atomic mass is 35.5. The van der Waals surface area contributed by atoms with Gasteiger partial charge in [-0.1, -0.05) is 24.6 Å². The normalized spacial score (nSPS) is 21.2. The molecule has 1 heterocycles. The predicted octanol–water partition coefficient (Wildman–Crippen LogP) is 2.42. The molecular formula is C17H27ClN2O3. The van der Waals surface area contributed by atoms with Gasteiger partial charge in [-0.3, -0.25) is 9.80 Å². The van der Waals surface area contributed by atoms with Crippen molar-refractivity contribution in [2.24, 2.45) is 0 Å². The van der Waals surface area contributed by atoms with Crippen LogP contribution in [0.4, 0.5) is 0 Å². The van der Waals surface area contributed by atoms with Gasteiger partial charge in [0.2, 0.25) is 0 Å². The molecule has 0 radical (unpaired) electrons. The molecule has 2 unspecified atom stereocenters. The van der Waals surface area contributed by atoms with E-state index in [4.69, 9.17) is 21.1 Å². The number of halogens is 1. The lowest BCUT2D eigenvalue weighted by atomic mass is 10.0. The van der Waals surface area contributed by atoms with Crippen LogP contribution in [0.3, 0.4) is 0 Å². The summed E-state index contributed by atoms with van der Waals surface area (Å²) in [6.07, 6.45) is 0. The van der Waals surface area contributed by atoms with E-state index < -0.39 is 0 Å². The van der Waals surface area contributed by atoms with Crippen LogP contribution in [0.25, 0.3) is 0 Å². The van der Waals surface area contributed by atoms with E-state index in [0.29, 0.717) is 22.6 Å². The van der Waals surface area contributed by atoms with Crippen LogP contribution in [-0.2, 0) is 0 Å². The van der Waals surface area contributed by atoms with Gasteiger partial charge < -0.3 is 14.6 Å². The van der Waals surface area contributed by atoms with Gasteiger partial charge in [0, 0.05) is 25.7 Å². The van der Waals surface area contributed by atoms with Gasteiger partial charge in [-0.25, -0.2) is 0 Å². The zero-order valence-electron chi connectivity index (χ0n) is 14.4. The lowest BCUT2D eigenvalue weighted by Crippen LogP contribution is -2.53. The van der Waals surface area contributed by atoms with Gasteiger partial charge in [0.1, 0.15) is 0 Å². The van der Waals surface area contributed by atoms with E-state index in [-0.39, 0.29) is 12.6 Å². The lowest BCUT2D eigenvalue weighted by Gasteiger charge is -2.42. The predicted molar refractivity (Wildman–Crippen MR) is 92.7 cm³/mol. The molecule has 1 aliphatic rings. The second-order valence-corrected chi connectivity index (χ2v) is 6.25. The highest BCUT2D eigenvalue weighted by Crippen LogP contribution is 2.41. The summed E-state index contributed by atoms with van der Waals surface area (Å²) >= 11 is 6.52. The minimum Gasteiger partial charge on any atom is -0.493 e. The van der Waals surface area contributed by atoms with Crippen molar-refractivity contribution in [2.45, 2.75) is 25.9 Å². The largest absolute Gasteiger partial charge is 0.493 e. The quantitative estimate of drug-likeness (QED) is 0.860. The molecule has 1 aromatic carbocycles. The molecule has 0 aromatic heterocycles. The van der Waals surface area contributed by atoms with Crippen molar-refractivity contribution in [1.29, 1.82) is 0 Å². The molecule has 0 spiro atoms. The molecule has 0 bridgehead atoms. The Kier molecular flexibility index (Phi) is 6.53. The molecule has 0 amide bonds. The number of methoxy groups -OCH3 is 2. The van der Waals surface area contributed by atoms with Gasteiger partial charge in [0.15, 0.2) is 11.5 Å². The molecule has 130 valence electrons. The van der Waals surface area contributed by atoms with Crippen LogP contribution in [-0.4, -0.2) is 68.0 Å². The van der Waals surface area contributed by atoms with Gasteiger partial charge in [-0.05, 0) is 25.1 Å². The van der Waals surface area contributed by atoms with Crippen molar-refractivity contribution in [3.05, 3.63) is 22.7 Å². The Hall–Kier alpha value is -1.01. The summed E-state index contributed by atoms with van der Waals surface area (Å²) in [5.74, 6) is 1.12. The first kappa shape index (κ1) is 18.3. The standard InChI is InChI=1S/C17H27ClN2O3/c1-5-19-8-9-20(10-12(19)2)14(11-21)13-6-7-15(22-3)17(23-4)16(13)18/h6-7,12,14,21H,5,8-11H2,1-4H3. The summed E-state index contributed by atoms with van der Waals surface area (Å²) in [5, 5.41) is 10.5. The third-order valence-electron chi connectivity index (χ3n) is 4.69. The number of benzene rings is 1. The Labute approximate surface area is 143 Å². The first-order valence-electron chi connectivity index (χ1n) is 8.06. The Balaban J connectivity index is 2.28. The van der Waals surface area contributed by atoms with E-state index in [9.17, 15) is 5.11 Å². The van der Waals surface area contributed by atoms with Crippen LogP contribution in [0, 0.1) is 0 Å². The van der Waals surface area contributed by atoms with Gasteiger partial charge in [0.25, 0.3) is 0 Å². The molecule has 6 heteroatoms. The van der Waals surface area contributed by atoms with E-state index in [2.05, 4.69) is 23.6 Å². The molecule has 1 fully saturated rings. The molecule has 1 N–H and O–H groups in total. The maximum absolute atomic E-state index is 9.97. The Morgan fingerprint density at radius 1 is 1.30 bits per heavy atom. The molecule has 5 nitrogen and oxygen atoms in total. The second-order valence-electron chi connectivity index (χ2n) is 5.88. The number of likely N-dealkylation sites (N-methyl/N-ethyl adjacent to an activating group) is 1. The fourth-order valence-electron chi connectivity index (χ4n) is 3.35. The molecule has 1 saturated heterocycles. The Morgan fingerprint density at radius 3 is 2.57 bits per heavy atom. The van der Waals surface area contributed by atoms with Crippen LogP contribution < -0.4 is 9.47 Å². The molecular weight excluding hydrogens is 316 g/mol. The van der Waals surface area contributed by atoms with Gasteiger partial charge in [-0.15, -0.1) is 0 Å². The zero-order valence-corrected chi connectivity index (χ0v) is 15.1. The summed E-state index contributed by atoms with van der Waals surface area (Å²) in [6, 6.07) is 4.08. The molecule has 2 atom stereocenters. The minimum atomic E-state index is -0.135. The zero-order chi connectivity index (χ0) is 17.0. The fraction of sp³-hybridized carbons (Fsp3) is 0.647. The monoisotopic (exact) mass is 342 g/mol. The van der Waals surface area contributed by atoms with Crippen molar-refractivity contribution in [3.8, 4) is 11.5 Å². The average Bonchev–Trinajstić information content (AvgIpc) is 2.56. The van der Waals surface area contributed by atoms with Crippen LogP contribution in [0.5, 0.6) is 11.5 Å². The number of hydrogen-bond acceptors (Lipinski definition) is 5. The third kappa shape index (κ3) is 3.74. The van der Waals surface area contributed by atoms with Crippen LogP contribution in [0.2, 0.25) is 5.02 Å². The first-order valence-corrected chi connectivity index (χ1v) is 8.44. The smallest absolute Gasteiger partial charge is 0.179 e. The highest BCUT2D eigenvalue weighted by Gasteiger charge is 2.30. The van der Waals surface area contributed by atoms with Gasteiger partial charge >= 0.3 is 0 Å². The number of hydrogen-bond donors (Lipinski definition) is 1. The first-order chi connectivity index (χ1) is 11.1. The van der Waals surface area contributed by atoms with Crippen molar-refractivity contribution < 1.29 is 14.6 Å². The van der Waals surface area contributed by atoms with E-state index in [1.807, 2.05) is 12.1 Å². The maximum Gasteiger partial charge on any atom is 0.179 e. The summed E-state index contributed by atoms with van der Waals surface area (Å²) in [7, 11) is 3.16. The molecule has 0 saturated carbocycles. The van der Waals surface area contributed by atoms with Gasteiger partial charge in [0.05, 0.1) is 31.9 Å². The number of aliphatic hydroxyl groups excluding tert-OH is 1. The SMILES string of the molecule is CCN1CCN(C(CO)c2ccc(OC)c(OC)c2Cl)CC1C. The average molecular weight is 343 g/mol. The highest BCUT2D eigenvalue weighted by molar-refractivity contribution is 6.33. The van der Waals surface area contributed by atoms with Crippen LogP contribution in [0.1, 0.15) is 25.5 Å². The summed E-state index contributed by atoms with van der Waals surface area (Å²) in [6.45, 7) is 8.29. The maximum atomic E-state index is 9.97. The van der Waals surface area contributed by atoms with Crippen LogP contribution in [0.15, 0.2) is 12.1 Å². The van der Waals surface area contributed by atoms with Crippen LogP contribution >= 0.6 is 11.6 Å².